The van der Waals surface area contributed by atoms with E-state index in [1.165, 1.54) is 17.2 Å². The largest absolute Gasteiger partial charge is 0.371 e. The zero-order valence-corrected chi connectivity index (χ0v) is 23.7. The van der Waals surface area contributed by atoms with E-state index in [1.54, 1.807) is 11.9 Å². The number of hydrogen-bond donors (Lipinski definition) is 2. The van der Waals surface area contributed by atoms with Gasteiger partial charge < -0.3 is 19.8 Å². The molecular formula is C35H30N4O4. The predicted octanol–water partition coefficient (Wildman–Crippen LogP) is 5.35. The molecule has 0 saturated carbocycles. The van der Waals surface area contributed by atoms with Crippen LogP contribution in [0.1, 0.15) is 47.9 Å². The number of fused-ring (bicyclic) bond motifs is 2. The van der Waals surface area contributed by atoms with Crippen LogP contribution in [0.5, 0.6) is 0 Å². The second-order valence-electron chi connectivity index (χ2n) is 10.7. The van der Waals surface area contributed by atoms with Crippen molar-refractivity contribution in [1.29, 1.82) is 0 Å². The first-order chi connectivity index (χ1) is 20.9. The highest BCUT2D eigenvalue weighted by atomic mass is 16.2. The zero-order valence-electron chi connectivity index (χ0n) is 23.7. The summed E-state index contributed by atoms with van der Waals surface area (Å²) < 4.78 is 0. The Labute approximate surface area is 248 Å². The molecule has 0 atom stereocenters. The highest BCUT2D eigenvalue weighted by molar-refractivity contribution is 6.45. The van der Waals surface area contributed by atoms with E-state index in [4.69, 9.17) is 0 Å². The van der Waals surface area contributed by atoms with Gasteiger partial charge in [-0.15, -0.1) is 0 Å². The summed E-state index contributed by atoms with van der Waals surface area (Å²) in [5.74, 6) is -2.47. The maximum Gasteiger partial charge on any atom is 0.295 e. The van der Waals surface area contributed by atoms with E-state index in [9.17, 15) is 19.2 Å². The van der Waals surface area contributed by atoms with Crippen molar-refractivity contribution in [3.05, 3.63) is 143 Å². The van der Waals surface area contributed by atoms with Crippen LogP contribution in [0.4, 0.5) is 0 Å². The van der Waals surface area contributed by atoms with E-state index < -0.39 is 23.3 Å². The number of nitrogens with zero attached hydrogens (tertiary/aromatic N) is 2. The van der Waals surface area contributed by atoms with Gasteiger partial charge in [-0.1, -0.05) is 78.9 Å². The number of hydrogen-bond acceptors (Lipinski definition) is 5. The Hall–Kier alpha value is -5.50. The minimum absolute atomic E-state index is 0.0234. The van der Waals surface area contributed by atoms with Gasteiger partial charge in [-0.3, -0.25) is 19.2 Å². The summed E-state index contributed by atoms with van der Waals surface area (Å²) in [5.41, 5.74) is 3.99. The van der Waals surface area contributed by atoms with Crippen molar-refractivity contribution in [2.75, 3.05) is 13.6 Å². The number of allylic oxidation sites excluding steroid dienone is 2. The van der Waals surface area contributed by atoms with Crippen LogP contribution < -0.4 is 0 Å². The van der Waals surface area contributed by atoms with Crippen LogP contribution in [0.15, 0.2) is 109 Å². The van der Waals surface area contributed by atoms with Crippen LogP contribution >= 0.6 is 0 Å². The van der Waals surface area contributed by atoms with E-state index in [2.05, 4.69) is 9.97 Å². The summed E-state index contributed by atoms with van der Waals surface area (Å²) in [7, 11) is 1.76. The van der Waals surface area contributed by atoms with E-state index >= 15 is 0 Å². The molecule has 1 aliphatic rings. The molecule has 3 aromatic carbocycles. The van der Waals surface area contributed by atoms with Gasteiger partial charge in [-0.2, -0.15) is 0 Å². The first kappa shape index (κ1) is 27.7. The number of H-pyrrole nitrogens is 2. The maximum atomic E-state index is 13.6. The topological polar surface area (TPSA) is 106 Å². The Bertz CT molecular complexity index is 1830. The third kappa shape index (κ3) is 5.55. The quantitative estimate of drug-likeness (QED) is 0.174. The molecule has 0 radical (unpaired) electrons. The number of para-hydroxylation sites is 1. The van der Waals surface area contributed by atoms with Gasteiger partial charge in [0.25, 0.3) is 11.7 Å². The number of benzene rings is 3. The number of ketones is 3. The number of aromatic amines is 2. The van der Waals surface area contributed by atoms with Crippen molar-refractivity contribution in [1.82, 2.24) is 19.8 Å². The number of carbonyl (C=O) groups excluding carboxylic acids is 4. The molecule has 6 rings (SSSR count). The van der Waals surface area contributed by atoms with Gasteiger partial charge in [0.05, 0.1) is 16.8 Å². The molecule has 2 aromatic heterocycles. The van der Waals surface area contributed by atoms with Crippen LogP contribution in [0.2, 0.25) is 0 Å². The summed E-state index contributed by atoms with van der Waals surface area (Å²) in [4.78, 5) is 63.4. The molecule has 0 unspecified atom stereocenters. The molecule has 214 valence electrons. The monoisotopic (exact) mass is 570 g/mol. The fourth-order valence-corrected chi connectivity index (χ4v) is 5.52. The van der Waals surface area contributed by atoms with Crippen LogP contribution in [0, 0.1) is 0 Å². The van der Waals surface area contributed by atoms with Gasteiger partial charge in [0.2, 0.25) is 5.78 Å². The number of amides is 1. The van der Waals surface area contributed by atoms with Crippen molar-refractivity contribution in [2.24, 2.45) is 0 Å². The standard InChI is InChI=1S/C35H30N4O4/c1-38(17-16-25-19-36-28-15-9-8-14-26(25)28)29-18-30(40)31-27(20-37-32(31)34(29)42)33(41)35(43)39(21-23-10-4-2-5-11-23)22-24-12-6-3-7-13-24/h2-15,18-20,36-37H,16-17,21-22H2,1H3. The van der Waals surface area contributed by atoms with Crippen LogP contribution in [0.25, 0.3) is 10.9 Å². The molecule has 0 spiro atoms. The van der Waals surface area contributed by atoms with Crippen LogP contribution in [-0.4, -0.2) is 56.6 Å². The molecule has 43 heavy (non-hydrogen) atoms. The van der Waals surface area contributed by atoms with Gasteiger partial charge in [0.15, 0.2) is 5.78 Å². The minimum Gasteiger partial charge on any atom is -0.371 e. The van der Waals surface area contributed by atoms with Crippen molar-refractivity contribution < 1.29 is 19.2 Å². The molecule has 8 nitrogen and oxygen atoms in total. The number of likely N-dealkylation sites (N-methyl/N-ethyl adjacent to an activating group) is 1. The maximum absolute atomic E-state index is 13.6. The average molecular weight is 571 g/mol. The van der Waals surface area contributed by atoms with Gasteiger partial charge in [0, 0.05) is 56.1 Å². The molecular weight excluding hydrogens is 540 g/mol. The third-order valence-corrected chi connectivity index (χ3v) is 7.82. The Morgan fingerprint density at radius 3 is 2.07 bits per heavy atom. The molecule has 1 aliphatic carbocycles. The Morgan fingerprint density at radius 2 is 1.40 bits per heavy atom. The molecule has 0 saturated heterocycles. The van der Waals surface area contributed by atoms with Gasteiger partial charge in [0.1, 0.15) is 5.69 Å². The van der Waals surface area contributed by atoms with E-state index in [0.29, 0.717) is 13.0 Å². The smallest absolute Gasteiger partial charge is 0.295 e. The van der Waals surface area contributed by atoms with Gasteiger partial charge in [-0.25, -0.2) is 0 Å². The summed E-state index contributed by atoms with van der Waals surface area (Å²) >= 11 is 0. The van der Waals surface area contributed by atoms with Gasteiger partial charge >= 0.3 is 0 Å². The molecule has 0 bridgehead atoms. The summed E-state index contributed by atoms with van der Waals surface area (Å²) in [6.07, 6.45) is 5.18. The fourth-order valence-electron chi connectivity index (χ4n) is 5.52. The van der Waals surface area contributed by atoms with Crippen LogP contribution in [0.3, 0.4) is 0 Å². The van der Waals surface area contributed by atoms with Crippen molar-refractivity contribution >= 4 is 34.2 Å². The highest BCUT2D eigenvalue weighted by Gasteiger charge is 2.36. The number of nitrogens with one attached hydrogen (secondary N) is 2. The lowest BCUT2D eigenvalue weighted by Crippen LogP contribution is -2.36. The van der Waals surface area contributed by atoms with E-state index in [-0.39, 0.29) is 35.6 Å². The Kier molecular flexibility index (Phi) is 7.57. The molecule has 1 amide bonds. The normalized spacial score (nSPS) is 12.6. The second-order valence-corrected chi connectivity index (χ2v) is 10.7. The number of rotatable bonds is 10. The van der Waals surface area contributed by atoms with E-state index in [1.807, 2.05) is 91.1 Å². The minimum atomic E-state index is -0.838. The Balaban J connectivity index is 1.21. The number of carbonyl (C=O) groups is 4. The predicted molar refractivity (Wildman–Crippen MR) is 164 cm³/mol. The molecule has 5 aromatic rings. The first-order valence-corrected chi connectivity index (χ1v) is 14.1. The molecule has 2 heterocycles. The molecule has 0 fully saturated rings. The van der Waals surface area contributed by atoms with Crippen molar-refractivity contribution in [3.63, 3.8) is 0 Å². The average Bonchev–Trinajstić information content (AvgIpc) is 3.67. The number of Topliss-reactive ketones (excluding diaryl/α,β-unsaturated/α-hetero) is 2. The van der Waals surface area contributed by atoms with E-state index in [0.717, 1.165) is 27.6 Å². The van der Waals surface area contributed by atoms with Crippen molar-refractivity contribution in [2.45, 2.75) is 19.5 Å². The SMILES string of the molecule is CN(CCc1c[nH]c2ccccc12)C1=CC(=O)c2c(C(=O)C(=O)N(Cc3ccccc3)Cc3ccccc3)c[nH]c2C1=O. The lowest BCUT2D eigenvalue weighted by molar-refractivity contribution is -0.127. The lowest BCUT2D eigenvalue weighted by Gasteiger charge is -2.24. The lowest BCUT2D eigenvalue weighted by atomic mass is 9.93. The Morgan fingerprint density at radius 1 is 0.767 bits per heavy atom. The van der Waals surface area contributed by atoms with Gasteiger partial charge in [-0.05, 0) is 29.2 Å². The molecule has 2 N–H and O–H groups in total. The highest BCUT2D eigenvalue weighted by Crippen LogP contribution is 2.27. The summed E-state index contributed by atoms with van der Waals surface area (Å²) in [5, 5.41) is 1.11. The zero-order chi connectivity index (χ0) is 29.9. The molecule has 8 heteroatoms. The molecule has 0 aliphatic heterocycles. The summed E-state index contributed by atoms with van der Waals surface area (Å²) in [6.45, 7) is 0.928. The first-order valence-electron chi connectivity index (χ1n) is 14.1. The second kappa shape index (κ2) is 11.8. The summed E-state index contributed by atoms with van der Waals surface area (Å²) in [6, 6.07) is 26.8. The van der Waals surface area contributed by atoms with Crippen molar-refractivity contribution in [3.8, 4) is 0 Å². The fraction of sp³-hybridized carbons (Fsp3) is 0.143. The third-order valence-electron chi connectivity index (χ3n) is 7.82. The van der Waals surface area contributed by atoms with Crippen LogP contribution in [-0.2, 0) is 24.3 Å². The number of aromatic nitrogens is 2.